The van der Waals surface area contributed by atoms with Crippen LogP contribution in [0, 0.1) is 0 Å². The Hall–Kier alpha value is -0.970. The maximum absolute atomic E-state index is 5.80. The van der Waals surface area contributed by atoms with Gasteiger partial charge in [-0.25, -0.2) is 0 Å². The van der Waals surface area contributed by atoms with Crippen molar-refractivity contribution in [3.63, 3.8) is 0 Å². The zero-order valence-corrected chi connectivity index (χ0v) is 12.6. The third kappa shape index (κ3) is 3.53. The number of benzene rings is 1. The van der Waals surface area contributed by atoms with Crippen molar-refractivity contribution in [1.29, 1.82) is 0 Å². The summed E-state index contributed by atoms with van der Waals surface area (Å²) in [5.74, 6) is 0. The van der Waals surface area contributed by atoms with Gasteiger partial charge in [-0.15, -0.1) is 0 Å². The number of hydrogen-bond acceptors (Lipinski definition) is 3. The molecule has 0 amide bonds. The van der Waals surface area contributed by atoms with Crippen LogP contribution in [0.3, 0.4) is 0 Å². The van der Waals surface area contributed by atoms with Crippen LogP contribution < -0.4 is 5.73 Å². The van der Waals surface area contributed by atoms with E-state index in [1.165, 1.54) is 12.0 Å². The summed E-state index contributed by atoms with van der Waals surface area (Å²) in [7, 11) is 2.22. The topological polar surface area (TPSA) is 32.5 Å². The lowest BCUT2D eigenvalue weighted by Gasteiger charge is -2.39. The third-order valence-electron chi connectivity index (χ3n) is 4.01. The smallest absolute Gasteiger partial charge is 0.104 e. The number of piperazine rings is 1. The van der Waals surface area contributed by atoms with Crippen LogP contribution in [0.1, 0.15) is 24.5 Å². The highest BCUT2D eigenvalue weighted by Crippen LogP contribution is 2.16. The Kier molecular flexibility index (Phi) is 4.91. The molecule has 0 aromatic heterocycles. The molecular formula is C15H23N3S. The molecule has 4 heteroatoms. The van der Waals surface area contributed by atoms with Gasteiger partial charge in [-0.1, -0.05) is 43.4 Å². The SMILES string of the molecule is CCC1CN(Cc2ccccc2C(N)=S)CCN1C. The fourth-order valence-corrected chi connectivity index (χ4v) is 2.93. The fourth-order valence-electron chi connectivity index (χ4n) is 2.73. The Labute approximate surface area is 121 Å². The molecule has 0 spiro atoms. The van der Waals surface area contributed by atoms with Crippen molar-refractivity contribution in [2.24, 2.45) is 5.73 Å². The summed E-state index contributed by atoms with van der Waals surface area (Å²) in [6.45, 7) is 6.57. The number of nitrogens with two attached hydrogens (primary N) is 1. The largest absolute Gasteiger partial charge is 0.389 e. The molecule has 1 aromatic rings. The maximum Gasteiger partial charge on any atom is 0.104 e. The summed E-state index contributed by atoms with van der Waals surface area (Å²) in [5, 5.41) is 0. The first-order valence-corrected chi connectivity index (χ1v) is 7.33. The first kappa shape index (κ1) is 14.4. The van der Waals surface area contributed by atoms with Crippen molar-refractivity contribution in [1.82, 2.24) is 9.80 Å². The van der Waals surface area contributed by atoms with Gasteiger partial charge in [-0.05, 0) is 19.0 Å². The zero-order valence-electron chi connectivity index (χ0n) is 11.8. The molecule has 0 saturated carbocycles. The van der Waals surface area contributed by atoms with Gasteiger partial charge in [0, 0.05) is 37.8 Å². The minimum atomic E-state index is 0.497. The fraction of sp³-hybridized carbons (Fsp3) is 0.533. The van der Waals surface area contributed by atoms with E-state index in [1.807, 2.05) is 12.1 Å². The predicted molar refractivity (Wildman–Crippen MR) is 84.3 cm³/mol. The van der Waals surface area contributed by atoms with Gasteiger partial charge in [0.2, 0.25) is 0 Å². The molecule has 0 radical (unpaired) electrons. The molecule has 1 aliphatic heterocycles. The Morgan fingerprint density at radius 3 is 2.79 bits per heavy atom. The molecule has 3 nitrogen and oxygen atoms in total. The molecule has 104 valence electrons. The van der Waals surface area contributed by atoms with Gasteiger partial charge in [-0.2, -0.15) is 0 Å². The summed E-state index contributed by atoms with van der Waals surface area (Å²) in [5.41, 5.74) is 8.06. The van der Waals surface area contributed by atoms with Crippen molar-refractivity contribution in [2.75, 3.05) is 26.7 Å². The van der Waals surface area contributed by atoms with E-state index < -0.39 is 0 Å². The average molecular weight is 277 g/mol. The van der Waals surface area contributed by atoms with Crippen LogP contribution in [0.2, 0.25) is 0 Å². The molecule has 1 unspecified atom stereocenters. The first-order chi connectivity index (χ1) is 9.11. The molecule has 1 aromatic carbocycles. The lowest BCUT2D eigenvalue weighted by Crippen LogP contribution is -2.50. The number of nitrogens with zero attached hydrogens (tertiary/aromatic N) is 2. The highest BCUT2D eigenvalue weighted by atomic mass is 32.1. The van der Waals surface area contributed by atoms with Gasteiger partial charge in [0.1, 0.15) is 4.99 Å². The van der Waals surface area contributed by atoms with Gasteiger partial charge in [-0.3, -0.25) is 4.90 Å². The summed E-state index contributed by atoms with van der Waals surface area (Å²) in [6.07, 6.45) is 1.20. The van der Waals surface area contributed by atoms with E-state index in [0.717, 1.165) is 31.7 Å². The minimum Gasteiger partial charge on any atom is -0.389 e. The van der Waals surface area contributed by atoms with E-state index in [1.54, 1.807) is 0 Å². The predicted octanol–water partition coefficient (Wildman–Crippen LogP) is 1.85. The van der Waals surface area contributed by atoms with Crippen LogP contribution in [0.5, 0.6) is 0 Å². The molecule has 1 heterocycles. The van der Waals surface area contributed by atoms with E-state index in [0.29, 0.717) is 11.0 Å². The Bertz CT molecular complexity index is 447. The maximum atomic E-state index is 5.80. The quantitative estimate of drug-likeness (QED) is 0.851. The third-order valence-corrected chi connectivity index (χ3v) is 4.23. The molecular weight excluding hydrogens is 254 g/mol. The Morgan fingerprint density at radius 1 is 1.37 bits per heavy atom. The van der Waals surface area contributed by atoms with E-state index in [9.17, 15) is 0 Å². The summed E-state index contributed by atoms with van der Waals surface area (Å²) < 4.78 is 0. The van der Waals surface area contributed by atoms with Gasteiger partial charge < -0.3 is 10.6 Å². The van der Waals surface area contributed by atoms with Crippen LogP contribution in [0.25, 0.3) is 0 Å². The van der Waals surface area contributed by atoms with Crippen molar-refractivity contribution in [3.8, 4) is 0 Å². The van der Waals surface area contributed by atoms with Gasteiger partial charge in [0.05, 0.1) is 0 Å². The van der Waals surface area contributed by atoms with E-state index >= 15 is 0 Å². The van der Waals surface area contributed by atoms with E-state index in [4.69, 9.17) is 18.0 Å². The summed E-state index contributed by atoms with van der Waals surface area (Å²) in [4.78, 5) is 5.46. The van der Waals surface area contributed by atoms with E-state index in [-0.39, 0.29) is 0 Å². The molecule has 2 rings (SSSR count). The number of thiocarbonyl (C=S) groups is 1. The highest BCUT2D eigenvalue weighted by molar-refractivity contribution is 7.80. The average Bonchev–Trinajstić information content (AvgIpc) is 2.41. The molecule has 0 bridgehead atoms. The molecule has 0 aliphatic carbocycles. The molecule has 1 saturated heterocycles. The zero-order chi connectivity index (χ0) is 13.8. The van der Waals surface area contributed by atoms with Gasteiger partial charge >= 0.3 is 0 Å². The molecule has 1 aliphatic rings. The minimum absolute atomic E-state index is 0.497. The van der Waals surface area contributed by atoms with Crippen LogP contribution in [-0.2, 0) is 6.54 Å². The second kappa shape index (κ2) is 6.46. The molecule has 19 heavy (non-hydrogen) atoms. The van der Waals surface area contributed by atoms with E-state index in [2.05, 4.69) is 35.9 Å². The van der Waals surface area contributed by atoms with Gasteiger partial charge in [0.15, 0.2) is 0 Å². The second-order valence-electron chi connectivity index (χ2n) is 5.30. The monoisotopic (exact) mass is 277 g/mol. The highest BCUT2D eigenvalue weighted by Gasteiger charge is 2.23. The van der Waals surface area contributed by atoms with Crippen LogP contribution in [-0.4, -0.2) is 47.5 Å². The first-order valence-electron chi connectivity index (χ1n) is 6.92. The lowest BCUT2D eigenvalue weighted by molar-refractivity contribution is 0.0883. The van der Waals surface area contributed by atoms with Crippen LogP contribution in [0.4, 0.5) is 0 Å². The van der Waals surface area contributed by atoms with Crippen molar-refractivity contribution in [2.45, 2.75) is 25.9 Å². The van der Waals surface area contributed by atoms with Crippen LogP contribution >= 0.6 is 12.2 Å². The lowest BCUT2D eigenvalue weighted by atomic mass is 10.1. The van der Waals surface area contributed by atoms with Gasteiger partial charge in [0.25, 0.3) is 0 Å². The molecule has 2 N–H and O–H groups in total. The number of rotatable bonds is 4. The number of hydrogen-bond donors (Lipinski definition) is 1. The molecule has 1 fully saturated rings. The summed E-state index contributed by atoms with van der Waals surface area (Å²) in [6, 6.07) is 8.87. The standard InChI is InChI=1S/C15H23N3S/c1-3-13-11-18(9-8-17(13)2)10-12-6-4-5-7-14(12)15(16)19/h4-7,13H,3,8-11H2,1-2H3,(H2,16,19). The number of likely N-dealkylation sites (N-methyl/N-ethyl adjacent to an activating group) is 1. The summed E-state index contributed by atoms with van der Waals surface area (Å²) >= 11 is 5.13. The van der Waals surface area contributed by atoms with Crippen molar-refractivity contribution >= 4 is 17.2 Å². The van der Waals surface area contributed by atoms with Crippen molar-refractivity contribution in [3.05, 3.63) is 35.4 Å². The Morgan fingerprint density at radius 2 is 2.11 bits per heavy atom. The molecule has 1 atom stereocenters. The van der Waals surface area contributed by atoms with Crippen LogP contribution in [0.15, 0.2) is 24.3 Å². The van der Waals surface area contributed by atoms with Crippen molar-refractivity contribution < 1.29 is 0 Å². The second-order valence-corrected chi connectivity index (χ2v) is 5.74. The normalized spacial score (nSPS) is 21.5. The Balaban J connectivity index is 2.07.